The molecule has 17 heavy (non-hydrogen) atoms. The molecular weight excluding hydrogens is 204 g/mol. The molecule has 0 N–H and O–H groups in total. The highest BCUT2D eigenvalue weighted by molar-refractivity contribution is 5.40. The van der Waals surface area contributed by atoms with Gasteiger partial charge in [0.2, 0.25) is 0 Å². The lowest BCUT2D eigenvalue weighted by Gasteiger charge is -2.55. The minimum atomic E-state index is 0.339. The SMILES string of the molecule is C=C/C=C1\C(=C)CCC2C(C)(C)CCCC12C. The molecule has 0 nitrogen and oxygen atoms in total. The van der Waals surface area contributed by atoms with Gasteiger partial charge < -0.3 is 0 Å². The molecule has 2 rings (SSSR count). The van der Waals surface area contributed by atoms with Gasteiger partial charge in [0.15, 0.2) is 0 Å². The van der Waals surface area contributed by atoms with Gasteiger partial charge in [0, 0.05) is 0 Å². The minimum absolute atomic E-state index is 0.339. The third-order valence-corrected chi connectivity index (χ3v) is 5.25. The zero-order valence-corrected chi connectivity index (χ0v) is 11.7. The molecule has 2 unspecified atom stereocenters. The van der Waals surface area contributed by atoms with Crippen molar-refractivity contribution in [2.75, 3.05) is 0 Å². The lowest BCUT2D eigenvalue weighted by Crippen LogP contribution is -2.45. The molecule has 0 aliphatic heterocycles. The van der Waals surface area contributed by atoms with E-state index < -0.39 is 0 Å². The second-order valence-corrected chi connectivity index (χ2v) is 6.77. The second-order valence-electron chi connectivity index (χ2n) is 6.77. The van der Waals surface area contributed by atoms with Gasteiger partial charge in [-0.2, -0.15) is 0 Å². The van der Waals surface area contributed by atoms with Crippen molar-refractivity contribution in [1.29, 1.82) is 0 Å². The predicted octanol–water partition coefficient (Wildman–Crippen LogP) is 5.28. The number of allylic oxidation sites excluding steroid dienone is 4. The summed E-state index contributed by atoms with van der Waals surface area (Å²) < 4.78 is 0. The molecule has 0 bridgehead atoms. The molecule has 2 atom stereocenters. The summed E-state index contributed by atoms with van der Waals surface area (Å²) in [6.07, 6.45) is 10.7. The van der Waals surface area contributed by atoms with Crippen LogP contribution in [0.3, 0.4) is 0 Å². The second kappa shape index (κ2) is 4.15. The maximum atomic E-state index is 4.28. The van der Waals surface area contributed by atoms with Gasteiger partial charge in [-0.15, -0.1) is 0 Å². The van der Waals surface area contributed by atoms with Crippen LogP contribution in [0.15, 0.2) is 36.5 Å². The van der Waals surface area contributed by atoms with Gasteiger partial charge in [0.05, 0.1) is 0 Å². The molecule has 2 saturated carbocycles. The van der Waals surface area contributed by atoms with E-state index in [2.05, 4.69) is 40.0 Å². The van der Waals surface area contributed by atoms with Gasteiger partial charge in [0.25, 0.3) is 0 Å². The number of fused-ring (bicyclic) bond motifs is 1. The van der Waals surface area contributed by atoms with Crippen LogP contribution in [-0.4, -0.2) is 0 Å². The smallest absolute Gasteiger partial charge is 0.00393 e. The topological polar surface area (TPSA) is 0 Å². The van der Waals surface area contributed by atoms with E-state index >= 15 is 0 Å². The van der Waals surface area contributed by atoms with Gasteiger partial charge in [-0.25, -0.2) is 0 Å². The van der Waals surface area contributed by atoms with Crippen molar-refractivity contribution in [3.8, 4) is 0 Å². The van der Waals surface area contributed by atoms with Crippen LogP contribution in [0.5, 0.6) is 0 Å². The summed E-state index contributed by atoms with van der Waals surface area (Å²) >= 11 is 0. The van der Waals surface area contributed by atoms with E-state index in [1.807, 2.05) is 6.08 Å². The maximum absolute atomic E-state index is 4.28. The van der Waals surface area contributed by atoms with E-state index in [0.717, 1.165) is 5.92 Å². The summed E-state index contributed by atoms with van der Waals surface area (Å²) in [5.41, 5.74) is 3.65. The Bertz CT molecular complexity index is 369. The lowest BCUT2D eigenvalue weighted by atomic mass is 9.49. The Balaban J connectivity index is 2.45. The highest BCUT2D eigenvalue weighted by Gasteiger charge is 2.50. The molecule has 0 heteroatoms. The quantitative estimate of drug-likeness (QED) is 0.575. The van der Waals surface area contributed by atoms with Gasteiger partial charge in [-0.1, -0.05) is 58.1 Å². The first kappa shape index (κ1) is 12.7. The van der Waals surface area contributed by atoms with Gasteiger partial charge >= 0.3 is 0 Å². The van der Waals surface area contributed by atoms with Crippen molar-refractivity contribution >= 4 is 0 Å². The lowest BCUT2D eigenvalue weighted by molar-refractivity contribution is 0.0131. The monoisotopic (exact) mass is 230 g/mol. The van der Waals surface area contributed by atoms with Crippen LogP contribution in [0.1, 0.15) is 52.9 Å². The van der Waals surface area contributed by atoms with E-state index in [-0.39, 0.29) is 0 Å². The van der Waals surface area contributed by atoms with Crippen molar-refractivity contribution in [3.63, 3.8) is 0 Å². The Kier molecular flexibility index (Phi) is 3.10. The summed E-state index contributed by atoms with van der Waals surface area (Å²) in [7, 11) is 0. The van der Waals surface area contributed by atoms with E-state index in [1.165, 1.54) is 43.3 Å². The van der Waals surface area contributed by atoms with Crippen LogP contribution >= 0.6 is 0 Å². The average Bonchev–Trinajstić information content (AvgIpc) is 2.22. The van der Waals surface area contributed by atoms with Crippen LogP contribution in [0.25, 0.3) is 0 Å². The fourth-order valence-corrected chi connectivity index (χ4v) is 4.44. The molecule has 2 aliphatic rings. The molecule has 0 radical (unpaired) electrons. The number of hydrogen-bond acceptors (Lipinski definition) is 0. The van der Waals surface area contributed by atoms with Crippen LogP contribution in [-0.2, 0) is 0 Å². The Morgan fingerprint density at radius 2 is 1.94 bits per heavy atom. The first-order chi connectivity index (χ1) is 7.92. The first-order valence-electron chi connectivity index (χ1n) is 6.93. The van der Waals surface area contributed by atoms with Crippen LogP contribution in [0.2, 0.25) is 0 Å². The van der Waals surface area contributed by atoms with Crippen LogP contribution < -0.4 is 0 Å². The normalized spacial score (nSPS) is 38.9. The average molecular weight is 230 g/mol. The predicted molar refractivity (Wildman–Crippen MR) is 75.9 cm³/mol. The van der Waals surface area contributed by atoms with E-state index in [1.54, 1.807) is 0 Å². The Morgan fingerprint density at radius 1 is 1.24 bits per heavy atom. The first-order valence-corrected chi connectivity index (χ1v) is 6.93. The van der Waals surface area contributed by atoms with Crippen molar-refractivity contribution in [3.05, 3.63) is 36.5 Å². The van der Waals surface area contributed by atoms with Gasteiger partial charge in [-0.3, -0.25) is 0 Å². The molecule has 0 aromatic rings. The largest absolute Gasteiger partial charge is 0.0991 e. The zero-order valence-electron chi connectivity index (χ0n) is 11.7. The van der Waals surface area contributed by atoms with Gasteiger partial charge in [0.1, 0.15) is 0 Å². The van der Waals surface area contributed by atoms with Crippen LogP contribution in [0.4, 0.5) is 0 Å². The standard InChI is InChI=1S/C17H26/c1-6-8-14-13(2)9-10-15-16(3,4)11-7-12-17(14,15)5/h6,8,15H,1-2,7,9-12H2,3-5H3/b14-8+. The fourth-order valence-electron chi connectivity index (χ4n) is 4.44. The van der Waals surface area contributed by atoms with E-state index in [0.29, 0.717) is 10.8 Å². The molecule has 2 fully saturated rings. The molecule has 0 saturated heterocycles. The van der Waals surface area contributed by atoms with Crippen molar-refractivity contribution < 1.29 is 0 Å². The third-order valence-electron chi connectivity index (χ3n) is 5.25. The van der Waals surface area contributed by atoms with Crippen molar-refractivity contribution in [2.45, 2.75) is 52.9 Å². The molecule has 94 valence electrons. The summed E-state index contributed by atoms with van der Waals surface area (Å²) in [4.78, 5) is 0. The zero-order chi connectivity index (χ0) is 12.7. The molecular formula is C17H26. The summed E-state index contributed by atoms with van der Waals surface area (Å²) in [5, 5.41) is 0. The number of hydrogen-bond donors (Lipinski definition) is 0. The van der Waals surface area contributed by atoms with Crippen molar-refractivity contribution in [2.24, 2.45) is 16.7 Å². The summed E-state index contributed by atoms with van der Waals surface area (Å²) in [6.45, 7) is 15.5. The number of rotatable bonds is 1. The summed E-state index contributed by atoms with van der Waals surface area (Å²) in [5.74, 6) is 0.806. The highest BCUT2D eigenvalue weighted by Crippen LogP contribution is 2.60. The molecule has 0 aromatic carbocycles. The molecule has 0 heterocycles. The Hall–Kier alpha value is -0.780. The van der Waals surface area contributed by atoms with Gasteiger partial charge in [-0.05, 0) is 48.0 Å². The minimum Gasteiger partial charge on any atom is -0.0991 e. The Labute approximate surface area is 106 Å². The molecule has 2 aliphatic carbocycles. The molecule has 0 spiro atoms. The van der Waals surface area contributed by atoms with Crippen LogP contribution in [0, 0.1) is 16.7 Å². The summed E-state index contributed by atoms with van der Waals surface area (Å²) in [6, 6.07) is 0. The van der Waals surface area contributed by atoms with E-state index in [9.17, 15) is 0 Å². The fraction of sp³-hybridized carbons (Fsp3) is 0.647. The third kappa shape index (κ3) is 1.92. The molecule has 0 amide bonds. The Morgan fingerprint density at radius 3 is 2.59 bits per heavy atom. The highest BCUT2D eigenvalue weighted by atomic mass is 14.5. The maximum Gasteiger partial charge on any atom is -0.00393 e. The van der Waals surface area contributed by atoms with Crippen molar-refractivity contribution in [1.82, 2.24) is 0 Å². The molecule has 0 aromatic heterocycles. The van der Waals surface area contributed by atoms with E-state index in [4.69, 9.17) is 0 Å².